The summed E-state index contributed by atoms with van der Waals surface area (Å²) in [7, 11) is 0. The molecule has 0 saturated heterocycles. The summed E-state index contributed by atoms with van der Waals surface area (Å²) in [4.78, 5) is 22.8. The van der Waals surface area contributed by atoms with Crippen LogP contribution in [0.1, 0.15) is 52.4 Å². The number of allylic oxidation sites excluding steroid dienone is 5. The molecule has 0 unspecified atom stereocenters. The van der Waals surface area contributed by atoms with Gasteiger partial charge in [0.15, 0.2) is 5.78 Å². The summed E-state index contributed by atoms with van der Waals surface area (Å²) in [6, 6.07) is 0. The van der Waals surface area contributed by atoms with Gasteiger partial charge in [-0.05, 0) is 66.9 Å². The summed E-state index contributed by atoms with van der Waals surface area (Å²) >= 11 is 0. The van der Waals surface area contributed by atoms with Gasteiger partial charge in [-0.1, -0.05) is 38.2 Å². The van der Waals surface area contributed by atoms with Gasteiger partial charge in [0, 0.05) is 17.8 Å². The van der Waals surface area contributed by atoms with Crippen LogP contribution in [0.2, 0.25) is 0 Å². The number of carboxylic acid groups (broad SMARTS) is 1. The Bertz CT molecular complexity index is 753. The van der Waals surface area contributed by atoms with Crippen LogP contribution in [0.5, 0.6) is 0 Å². The molecule has 1 fully saturated rings. The third-order valence-electron chi connectivity index (χ3n) is 8.01. The molecule has 1 N–H and O–H groups in total. The third kappa shape index (κ3) is 3.23. The van der Waals surface area contributed by atoms with Crippen LogP contribution in [0.3, 0.4) is 0 Å². The molecule has 4 nitrogen and oxygen atoms in total. The van der Waals surface area contributed by atoms with Gasteiger partial charge < -0.3 is 15.0 Å². The first-order valence-electron chi connectivity index (χ1n) is 9.74. The Morgan fingerprint density at radius 3 is 2.74 bits per heavy atom. The van der Waals surface area contributed by atoms with Crippen molar-refractivity contribution >= 4 is 11.8 Å². The fourth-order valence-corrected chi connectivity index (χ4v) is 6.21. The SMILES string of the molecule is C[C@]12CCC(=O)C=C1C=C[C@@H]1[C@@H]2C=C[C@@]2(C)[C@H]1CC[C@]2(O)CCC(=O)[O-].[K+]. The second-order valence-corrected chi connectivity index (χ2v) is 9.14. The van der Waals surface area contributed by atoms with Crippen molar-refractivity contribution in [1.29, 1.82) is 0 Å². The van der Waals surface area contributed by atoms with E-state index in [1.54, 1.807) is 0 Å². The molecule has 1 saturated carbocycles. The molecule has 5 heteroatoms. The van der Waals surface area contributed by atoms with Gasteiger partial charge in [0.2, 0.25) is 0 Å². The maximum absolute atomic E-state index is 11.9. The average Bonchev–Trinajstić information content (AvgIpc) is 2.86. The summed E-state index contributed by atoms with van der Waals surface area (Å²) in [6.45, 7) is 4.34. The predicted octanol–water partition coefficient (Wildman–Crippen LogP) is -0.664. The van der Waals surface area contributed by atoms with Gasteiger partial charge in [-0.15, -0.1) is 0 Å². The number of rotatable bonds is 3. The molecule has 4 rings (SSSR count). The number of carbonyl (C=O) groups is 2. The van der Waals surface area contributed by atoms with Crippen molar-refractivity contribution < 1.29 is 71.2 Å². The summed E-state index contributed by atoms with van der Waals surface area (Å²) in [6.07, 6.45) is 13.7. The van der Waals surface area contributed by atoms with Crippen LogP contribution < -0.4 is 56.5 Å². The zero-order valence-corrected chi connectivity index (χ0v) is 19.7. The molecule has 0 amide bonds. The third-order valence-corrected chi connectivity index (χ3v) is 8.01. The van der Waals surface area contributed by atoms with Crippen LogP contribution in [-0.2, 0) is 9.59 Å². The number of carbonyl (C=O) groups excluding carboxylic acids is 2. The van der Waals surface area contributed by atoms with Crippen molar-refractivity contribution in [2.45, 2.75) is 58.0 Å². The normalized spacial score (nSPS) is 44.6. The van der Waals surface area contributed by atoms with E-state index in [-0.39, 0.29) is 81.3 Å². The minimum atomic E-state index is -1.10. The molecule has 6 atom stereocenters. The quantitative estimate of drug-likeness (QED) is 0.509. The van der Waals surface area contributed by atoms with E-state index in [1.165, 1.54) is 0 Å². The molecule has 0 heterocycles. The van der Waals surface area contributed by atoms with Gasteiger partial charge >= 0.3 is 51.4 Å². The Hall–Kier alpha value is -0.0436. The monoisotopic (exact) mass is 394 g/mol. The molecular formula is C22H27KO4. The number of carboxylic acids is 1. The van der Waals surface area contributed by atoms with E-state index in [0.29, 0.717) is 24.7 Å². The molecule has 0 aliphatic heterocycles. The minimum Gasteiger partial charge on any atom is -0.550 e. The molecule has 0 aromatic carbocycles. The molecule has 0 bridgehead atoms. The Morgan fingerprint density at radius 1 is 1.30 bits per heavy atom. The van der Waals surface area contributed by atoms with Crippen molar-refractivity contribution in [1.82, 2.24) is 0 Å². The van der Waals surface area contributed by atoms with Crippen LogP contribution in [-0.4, -0.2) is 22.5 Å². The summed E-state index contributed by atoms with van der Waals surface area (Å²) in [5.41, 5.74) is -0.312. The summed E-state index contributed by atoms with van der Waals surface area (Å²) in [5, 5.41) is 22.2. The van der Waals surface area contributed by atoms with Crippen molar-refractivity contribution in [3.05, 3.63) is 36.0 Å². The number of hydrogen-bond acceptors (Lipinski definition) is 4. The standard InChI is InChI=1S/C22H28O4.K/c1-20-9-5-15(23)13-14(20)3-4-16-17(20)6-10-21(2)18(16)7-11-22(21,26)12-8-19(24)25;/h3-4,6,10,13,16-18,26H,5,7-9,11-12H2,1-2H3,(H,24,25);/q;+1/p-1/t16-,17+,18+,20+,21+,22+;/m1./s1. The van der Waals surface area contributed by atoms with E-state index in [9.17, 15) is 19.8 Å². The van der Waals surface area contributed by atoms with E-state index in [4.69, 9.17) is 0 Å². The fraction of sp³-hybridized carbons (Fsp3) is 0.636. The van der Waals surface area contributed by atoms with Gasteiger partial charge in [-0.3, -0.25) is 4.79 Å². The number of ketones is 1. The molecule has 140 valence electrons. The largest absolute Gasteiger partial charge is 1.00 e. The molecule has 4 aliphatic carbocycles. The van der Waals surface area contributed by atoms with E-state index >= 15 is 0 Å². The second kappa shape index (κ2) is 7.33. The molecule has 0 radical (unpaired) electrons. The first kappa shape index (κ1) is 21.7. The Balaban J connectivity index is 0.00000210. The fourth-order valence-electron chi connectivity index (χ4n) is 6.21. The van der Waals surface area contributed by atoms with Crippen LogP contribution >= 0.6 is 0 Å². The van der Waals surface area contributed by atoms with E-state index in [0.717, 1.165) is 18.4 Å². The van der Waals surface area contributed by atoms with E-state index < -0.39 is 17.0 Å². The van der Waals surface area contributed by atoms with Crippen molar-refractivity contribution in [2.75, 3.05) is 0 Å². The maximum Gasteiger partial charge on any atom is 1.00 e. The number of fused-ring (bicyclic) bond motifs is 5. The van der Waals surface area contributed by atoms with E-state index in [2.05, 4.69) is 38.2 Å². The van der Waals surface area contributed by atoms with Crippen LogP contribution in [0.25, 0.3) is 0 Å². The van der Waals surface area contributed by atoms with Crippen LogP contribution in [0.4, 0.5) is 0 Å². The number of hydrogen-bond donors (Lipinski definition) is 1. The van der Waals surface area contributed by atoms with Gasteiger partial charge in [0.1, 0.15) is 0 Å². The van der Waals surface area contributed by atoms with Crippen molar-refractivity contribution in [3.8, 4) is 0 Å². The zero-order valence-electron chi connectivity index (χ0n) is 16.5. The summed E-state index contributed by atoms with van der Waals surface area (Å²) in [5.74, 6) is 0.0415. The van der Waals surface area contributed by atoms with Crippen LogP contribution in [0, 0.1) is 28.6 Å². The number of aliphatic hydroxyl groups is 1. The smallest absolute Gasteiger partial charge is 0.550 e. The molecule has 0 aromatic rings. The second-order valence-electron chi connectivity index (χ2n) is 9.14. The topological polar surface area (TPSA) is 77.4 Å². The predicted molar refractivity (Wildman–Crippen MR) is 95.7 cm³/mol. The zero-order chi connectivity index (χ0) is 18.7. The van der Waals surface area contributed by atoms with Gasteiger partial charge in [0.25, 0.3) is 0 Å². The Kier molecular flexibility index (Phi) is 5.88. The van der Waals surface area contributed by atoms with Gasteiger partial charge in [-0.25, -0.2) is 0 Å². The molecule has 27 heavy (non-hydrogen) atoms. The molecular weight excluding hydrogens is 367 g/mol. The van der Waals surface area contributed by atoms with Gasteiger partial charge in [0.05, 0.1) is 5.60 Å². The molecule has 4 aliphatic rings. The molecule has 0 aromatic heterocycles. The Labute approximate surface area is 203 Å². The first-order chi connectivity index (χ1) is 12.2. The van der Waals surface area contributed by atoms with Crippen molar-refractivity contribution in [3.63, 3.8) is 0 Å². The van der Waals surface area contributed by atoms with E-state index in [1.807, 2.05) is 6.08 Å². The van der Waals surface area contributed by atoms with Crippen LogP contribution in [0.15, 0.2) is 36.0 Å². The Morgan fingerprint density at radius 2 is 2.04 bits per heavy atom. The first-order valence-corrected chi connectivity index (χ1v) is 9.74. The minimum absolute atomic E-state index is 0. The van der Waals surface area contributed by atoms with Gasteiger partial charge in [-0.2, -0.15) is 0 Å². The molecule has 0 spiro atoms. The maximum atomic E-state index is 11.9. The summed E-state index contributed by atoms with van der Waals surface area (Å²) < 4.78 is 0. The number of aliphatic carboxylic acids is 1. The van der Waals surface area contributed by atoms with Crippen molar-refractivity contribution in [2.24, 2.45) is 28.6 Å². The average molecular weight is 395 g/mol.